The number of hydrogen-bond donors (Lipinski definition) is 1. The molecule has 1 N–H and O–H groups in total. The molecule has 2 aromatic carbocycles. The van der Waals surface area contributed by atoms with Crippen LogP contribution in [-0.4, -0.2) is 32.2 Å². The maximum Gasteiger partial charge on any atom is 0.341 e. The van der Waals surface area contributed by atoms with Gasteiger partial charge in [0.05, 0.1) is 7.11 Å². The van der Waals surface area contributed by atoms with Crippen LogP contribution in [0.15, 0.2) is 42.5 Å². The highest BCUT2D eigenvalue weighted by Gasteiger charge is 2.15. The third-order valence-electron chi connectivity index (χ3n) is 3.15. The second kappa shape index (κ2) is 9.26. The zero-order valence-corrected chi connectivity index (χ0v) is 16.0. The fraction of sp³-hybridized carbons (Fsp3) is 0.222. The molecule has 6 nitrogen and oxygen atoms in total. The molecule has 0 bridgehead atoms. The van der Waals surface area contributed by atoms with Crippen molar-refractivity contribution in [2.45, 2.75) is 6.92 Å². The summed E-state index contributed by atoms with van der Waals surface area (Å²) in [5.74, 6) is -0.116. The molecule has 0 amide bonds. The molecule has 0 aliphatic carbocycles. The fourth-order valence-electron chi connectivity index (χ4n) is 2.05. The van der Waals surface area contributed by atoms with Crippen LogP contribution in [0.2, 0.25) is 0 Å². The maximum atomic E-state index is 11.8. The quantitative estimate of drug-likeness (QED) is 0.298. The van der Waals surface area contributed by atoms with Crippen LogP contribution in [0.1, 0.15) is 17.3 Å². The Hall–Kier alpha value is -2.29. The average Bonchev–Trinajstić information content (AvgIpc) is 2.60. The molecule has 0 unspecified atom stereocenters. The summed E-state index contributed by atoms with van der Waals surface area (Å²) < 4.78 is 16.5. The summed E-state index contributed by atoms with van der Waals surface area (Å²) in [6.45, 7) is 2.27. The van der Waals surface area contributed by atoms with E-state index in [1.807, 2.05) is 24.3 Å². The third-order valence-corrected chi connectivity index (χ3v) is 3.87. The highest BCUT2D eigenvalue weighted by molar-refractivity contribution is 14.1. The minimum Gasteiger partial charge on any atom is -0.492 e. The lowest BCUT2D eigenvalue weighted by atomic mass is 10.1. The Labute approximate surface area is 159 Å². The SMILES string of the molecule is COC(=O)c1cc(NCCOc2ccc(I)cc2)ccc1OC(C)=O. The second-order valence-corrected chi connectivity index (χ2v) is 6.27. The molecule has 0 saturated carbocycles. The van der Waals surface area contributed by atoms with E-state index in [1.165, 1.54) is 14.0 Å². The molecule has 0 aromatic heterocycles. The van der Waals surface area contributed by atoms with E-state index in [0.717, 1.165) is 9.32 Å². The molecule has 25 heavy (non-hydrogen) atoms. The van der Waals surface area contributed by atoms with Crippen LogP contribution >= 0.6 is 22.6 Å². The molecule has 2 rings (SSSR count). The molecule has 0 aliphatic rings. The van der Waals surface area contributed by atoms with Gasteiger partial charge < -0.3 is 19.5 Å². The van der Waals surface area contributed by atoms with Gasteiger partial charge in [0.2, 0.25) is 0 Å². The highest BCUT2D eigenvalue weighted by Crippen LogP contribution is 2.24. The van der Waals surface area contributed by atoms with Crippen LogP contribution < -0.4 is 14.8 Å². The number of hydrogen-bond acceptors (Lipinski definition) is 6. The van der Waals surface area contributed by atoms with Crippen LogP contribution in [0.25, 0.3) is 0 Å². The van der Waals surface area contributed by atoms with Crippen molar-refractivity contribution in [1.29, 1.82) is 0 Å². The van der Waals surface area contributed by atoms with Crippen molar-refractivity contribution in [3.63, 3.8) is 0 Å². The van der Waals surface area contributed by atoms with E-state index in [4.69, 9.17) is 14.2 Å². The van der Waals surface area contributed by atoms with E-state index in [0.29, 0.717) is 18.8 Å². The van der Waals surface area contributed by atoms with Gasteiger partial charge >= 0.3 is 11.9 Å². The van der Waals surface area contributed by atoms with Gasteiger partial charge in [0.1, 0.15) is 23.7 Å². The molecule has 0 saturated heterocycles. The van der Waals surface area contributed by atoms with Gasteiger partial charge in [-0.3, -0.25) is 4.79 Å². The van der Waals surface area contributed by atoms with Crippen molar-refractivity contribution >= 4 is 40.2 Å². The van der Waals surface area contributed by atoms with Gasteiger partial charge in [-0.1, -0.05) is 0 Å². The molecule has 0 radical (unpaired) electrons. The Bertz CT molecular complexity index is 746. The van der Waals surface area contributed by atoms with Crippen molar-refractivity contribution < 1.29 is 23.8 Å². The van der Waals surface area contributed by atoms with Crippen molar-refractivity contribution in [2.24, 2.45) is 0 Å². The zero-order chi connectivity index (χ0) is 18.2. The van der Waals surface area contributed by atoms with Crippen LogP contribution in [0.5, 0.6) is 11.5 Å². The number of ether oxygens (including phenoxy) is 3. The number of carbonyl (C=O) groups is 2. The number of benzene rings is 2. The van der Waals surface area contributed by atoms with Gasteiger partial charge in [-0.05, 0) is 65.1 Å². The lowest BCUT2D eigenvalue weighted by Crippen LogP contribution is -2.13. The third kappa shape index (κ3) is 5.93. The number of esters is 2. The first-order chi connectivity index (χ1) is 12.0. The lowest BCUT2D eigenvalue weighted by Gasteiger charge is -2.12. The van der Waals surface area contributed by atoms with Crippen LogP contribution in [0.4, 0.5) is 5.69 Å². The van der Waals surface area contributed by atoms with Crippen LogP contribution in [0.3, 0.4) is 0 Å². The Morgan fingerprint density at radius 2 is 1.84 bits per heavy atom. The van der Waals surface area contributed by atoms with Crippen molar-refractivity contribution in [3.05, 3.63) is 51.6 Å². The molecule has 2 aromatic rings. The van der Waals surface area contributed by atoms with Gasteiger partial charge in [0.25, 0.3) is 0 Å². The molecule has 7 heteroatoms. The van der Waals surface area contributed by atoms with Gasteiger partial charge in [-0.25, -0.2) is 4.79 Å². The summed E-state index contributed by atoms with van der Waals surface area (Å²) >= 11 is 2.23. The summed E-state index contributed by atoms with van der Waals surface area (Å²) in [7, 11) is 1.27. The standard InChI is InChI=1S/C18H18INO5/c1-12(21)25-17-8-5-14(11-16(17)18(22)23-2)20-9-10-24-15-6-3-13(19)4-7-15/h3-8,11,20H,9-10H2,1-2H3. The van der Waals surface area contributed by atoms with E-state index < -0.39 is 11.9 Å². The van der Waals surface area contributed by atoms with Crippen LogP contribution in [0, 0.1) is 3.57 Å². The monoisotopic (exact) mass is 455 g/mol. The molecular formula is C18H18INO5. The highest BCUT2D eigenvalue weighted by atomic mass is 127. The lowest BCUT2D eigenvalue weighted by molar-refractivity contribution is -0.131. The average molecular weight is 455 g/mol. The van der Waals surface area contributed by atoms with E-state index in [-0.39, 0.29) is 11.3 Å². The maximum absolute atomic E-state index is 11.8. The molecule has 0 fully saturated rings. The topological polar surface area (TPSA) is 73.9 Å². The second-order valence-electron chi connectivity index (χ2n) is 5.03. The van der Waals surface area contributed by atoms with Crippen molar-refractivity contribution in [1.82, 2.24) is 0 Å². The molecule has 132 valence electrons. The normalized spacial score (nSPS) is 10.0. The van der Waals surface area contributed by atoms with E-state index >= 15 is 0 Å². The predicted octanol–water partition coefficient (Wildman–Crippen LogP) is 3.49. The summed E-state index contributed by atoms with van der Waals surface area (Å²) in [4.78, 5) is 23.0. The van der Waals surface area contributed by atoms with Gasteiger partial charge in [0.15, 0.2) is 0 Å². The summed E-state index contributed by atoms with van der Waals surface area (Å²) in [5.41, 5.74) is 0.878. The molecule has 0 heterocycles. The van der Waals surface area contributed by atoms with Gasteiger partial charge in [-0.2, -0.15) is 0 Å². The fourth-order valence-corrected chi connectivity index (χ4v) is 2.41. The van der Waals surface area contributed by atoms with Gasteiger partial charge in [0, 0.05) is 22.7 Å². The number of halogens is 1. The van der Waals surface area contributed by atoms with E-state index in [2.05, 4.69) is 27.9 Å². The Balaban J connectivity index is 1.96. The summed E-state index contributed by atoms with van der Waals surface area (Å²) in [6.07, 6.45) is 0. The number of rotatable bonds is 7. The Kier molecular flexibility index (Phi) is 7.05. The first kappa shape index (κ1) is 19.0. The first-order valence-electron chi connectivity index (χ1n) is 7.52. The Morgan fingerprint density at radius 3 is 2.48 bits per heavy atom. The minimum absolute atomic E-state index is 0.167. The smallest absolute Gasteiger partial charge is 0.341 e. The Morgan fingerprint density at radius 1 is 1.12 bits per heavy atom. The number of carbonyl (C=O) groups excluding carboxylic acids is 2. The largest absolute Gasteiger partial charge is 0.492 e. The van der Waals surface area contributed by atoms with Gasteiger partial charge in [-0.15, -0.1) is 0 Å². The summed E-state index contributed by atoms with van der Waals surface area (Å²) in [5, 5.41) is 3.15. The number of anilines is 1. The first-order valence-corrected chi connectivity index (χ1v) is 8.60. The minimum atomic E-state index is -0.574. The molecule has 0 spiro atoms. The van der Waals surface area contributed by atoms with Crippen molar-refractivity contribution in [2.75, 3.05) is 25.6 Å². The number of nitrogens with one attached hydrogen (secondary N) is 1. The van der Waals surface area contributed by atoms with E-state index in [9.17, 15) is 9.59 Å². The molecule has 0 atom stereocenters. The van der Waals surface area contributed by atoms with Crippen molar-refractivity contribution in [3.8, 4) is 11.5 Å². The predicted molar refractivity (Wildman–Crippen MR) is 102 cm³/mol. The molecular weight excluding hydrogens is 437 g/mol. The molecule has 0 aliphatic heterocycles. The number of methoxy groups -OCH3 is 1. The zero-order valence-electron chi connectivity index (χ0n) is 13.9. The van der Waals surface area contributed by atoms with Crippen LogP contribution in [-0.2, 0) is 9.53 Å². The van der Waals surface area contributed by atoms with E-state index in [1.54, 1.807) is 18.2 Å². The summed E-state index contributed by atoms with van der Waals surface area (Å²) in [6, 6.07) is 12.6.